The summed E-state index contributed by atoms with van der Waals surface area (Å²) < 4.78 is 13.1. The third-order valence-corrected chi connectivity index (χ3v) is 5.33. The number of hydrogen-bond donors (Lipinski definition) is 2. The van der Waals surface area contributed by atoms with E-state index in [0.717, 1.165) is 43.5 Å². The van der Waals surface area contributed by atoms with Gasteiger partial charge in [0.1, 0.15) is 17.8 Å². The fourth-order valence-corrected chi connectivity index (χ4v) is 3.85. The number of rotatable bonds is 4. The number of nitrogen functional groups attached to an aromatic ring is 1. The molecule has 0 amide bonds. The summed E-state index contributed by atoms with van der Waals surface area (Å²) in [5.41, 5.74) is 8.05. The minimum Gasteiger partial charge on any atom is -0.393 e. The van der Waals surface area contributed by atoms with Crippen LogP contribution in [-0.2, 0) is 0 Å². The molecule has 2 fully saturated rings. The van der Waals surface area contributed by atoms with Crippen LogP contribution in [0.2, 0.25) is 0 Å². The van der Waals surface area contributed by atoms with E-state index < -0.39 is 0 Å². The molecule has 7 heteroatoms. The van der Waals surface area contributed by atoms with Crippen molar-refractivity contribution in [3.05, 3.63) is 36.4 Å². The van der Waals surface area contributed by atoms with Gasteiger partial charge >= 0.3 is 0 Å². The van der Waals surface area contributed by atoms with Crippen LogP contribution in [0.25, 0.3) is 0 Å². The van der Waals surface area contributed by atoms with E-state index in [4.69, 9.17) is 5.73 Å². The highest BCUT2D eigenvalue weighted by molar-refractivity contribution is 5.75. The van der Waals surface area contributed by atoms with Gasteiger partial charge in [0.15, 0.2) is 11.6 Å². The zero-order chi connectivity index (χ0) is 17.9. The Morgan fingerprint density at radius 3 is 2.31 bits per heavy atom. The van der Waals surface area contributed by atoms with Crippen LogP contribution in [0.15, 0.2) is 30.6 Å². The van der Waals surface area contributed by atoms with Gasteiger partial charge in [0, 0.05) is 37.9 Å². The van der Waals surface area contributed by atoms with Gasteiger partial charge in [0.25, 0.3) is 0 Å². The van der Waals surface area contributed by atoms with Crippen molar-refractivity contribution in [2.75, 3.05) is 47.0 Å². The molecule has 2 aromatic rings. The molecule has 0 bridgehead atoms. The number of halogens is 1. The topological polar surface area (TPSA) is 70.3 Å². The first kappa shape index (κ1) is 16.9. The highest BCUT2D eigenvalue weighted by Gasteiger charge is 2.23. The smallest absolute Gasteiger partial charge is 0.157 e. The number of nitrogens with zero attached hydrogens (tertiary/aromatic N) is 4. The lowest BCUT2D eigenvalue weighted by Gasteiger charge is -2.37. The lowest BCUT2D eigenvalue weighted by molar-refractivity contribution is 0.624. The number of nitrogens with one attached hydrogen (secondary N) is 1. The van der Waals surface area contributed by atoms with E-state index in [1.165, 1.54) is 37.8 Å². The molecule has 1 aliphatic carbocycles. The second kappa shape index (κ2) is 7.35. The maximum atomic E-state index is 13.1. The third kappa shape index (κ3) is 3.52. The number of aromatic nitrogens is 2. The molecule has 0 unspecified atom stereocenters. The first-order valence-corrected chi connectivity index (χ1v) is 9.33. The number of benzene rings is 1. The molecule has 138 valence electrons. The normalized spacial score (nSPS) is 18.3. The molecule has 0 atom stereocenters. The summed E-state index contributed by atoms with van der Waals surface area (Å²) in [5.74, 6) is 1.35. The monoisotopic (exact) mass is 356 g/mol. The van der Waals surface area contributed by atoms with E-state index in [2.05, 4.69) is 25.1 Å². The predicted octanol–water partition coefficient (Wildman–Crippen LogP) is 2.88. The van der Waals surface area contributed by atoms with Gasteiger partial charge in [0.05, 0.1) is 0 Å². The molecule has 2 heterocycles. The van der Waals surface area contributed by atoms with E-state index in [1.54, 1.807) is 6.33 Å². The minimum absolute atomic E-state index is 0.205. The molecule has 1 aromatic heterocycles. The molecular weight excluding hydrogens is 331 g/mol. The third-order valence-electron chi connectivity index (χ3n) is 5.33. The van der Waals surface area contributed by atoms with E-state index in [1.807, 2.05) is 12.1 Å². The van der Waals surface area contributed by atoms with Crippen LogP contribution in [0, 0.1) is 5.82 Å². The standard InChI is InChI=1S/C19H25FN6/c20-14-5-7-16(8-6-14)25-9-11-26(12-10-25)19-17(21)18(22-13-23-19)24-15-3-1-2-4-15/h5-8,13,15H,1-4,9-12,21H2,(H,22,23,24). The molecule has 1 saturated carbocycles. The van der Waals surface area contributed by atoms with Gasteiger partial charge in [-0.25, -0.2) is 14.4 Å². The molecule has 4 rings (SSSR count). The van der Waals surface area contributed by atoms with Gasteiger partial charge < -0.3 is 20.9 Å². The van der Waals surface area contributed by atoms with Crippen LogP contribution in [0.4, 0.5) is 27.4 Å². The lowest BCUT2D eigenvalue weighted by Crippen LogP contribution is -2.47. The first-order chi connectivity index (χ1) is 12.7. The van der Waals surface area contributed by atoms with Gasteiger partial charge in [-0.05, 0) is 37.1 Å². The molecule has 6 nitrogen and oxygen atoms in total. The summed E-state index contributed by atoms with van der Waals surface area (Å²) in [6.07, 6.45) is 6.47. The molecule has 26 heavy (non-hydrogen) atoms. The van der Waals surface area contributed by atoms with Crippen molar-refractivity contribution in [3.8, 4) is 0 Å². The molecule has 3 N–H and O–H groups in total. The second-order valence-corrected chi connectivity index (χ2v) is 7.04. The van der Waals surface area contributed by atoms with Gasteiger partial charge in [-0.15, -0.1) is 0 Å². The molecule has 1 aromatic carbocycles. The number of piperazine rings is 1. The largest absolute Gasteiger partial charge is 0.393 e. The fourth-order valence-electron chi connectivity index (χ4n) is 3.85. The number of hydrogen-bond acceptors (Lipinski definition) is 6. The Hall–Kier alpha value is -2.57. The Morgan fingerprint density at radius 2 is 1.62 bits per heavy atom. The maximum absolute atomic E-state index is 13.1. The van der Waals surface area contributed by atoms with E-state index in [0.29, 0.717) is 11.7 Å². The molecular formula is C19H25FN6. The SMILES string of the molecule is Nc1c(NC2CCCC2)ncnc1N1CCN(c2ccc(F)cc2)CC1. The lowest BCUT2D eigenvalue weighted by atomic mass is 10.2. The summed E-state index contributed by atoms with van der Waals surface area (Å²) in [6.45, 7) is 3.34. The Labute approximate surface area is 153 Å². The van der Waals surface area contributed by atoms with E-state index in [-0.39, 0.29) is 5.82 Å². The van der Waals surface area contributed by atoms with Crippen LogP contribution in [0.1, 0.15) is 25.7 Å². The highest BCUT2D eigenvalue weighted by atomic mass is 19.1. The highest BCUT2D eigenvalue weighted by Crippen LogP contribution is 2.30. The zero-order valence-electron chi connectivity index (χ0n) is 14.9. The van der Waals surface area contributed by atoms with Gasteiger partial charge in [0.2, 0.25) is 0 Å². The second-order valence-electron chi connectivity index (χ2n) is 7.04. The minimum atomic E-state index is -0.205. The Balaban J connectivity index is 1.43. The summed E-state index contributed by atoms with van der Waals surface area (Å²) in [4.78, 5) is 13.2. The molecule has 0 spiro atoms. The average molecular weight is 356 g/mol. The van der Waals surface area contributed by atoms with Crippen LogP contribution in [-0.4, -0.2) is 42.2 Å². The average Bonchev–Trinajstić information content (AvgIpc) is 3.18. The van der Waals surface area contributed by atoms with E-state index in [9.17, 15) is 4.39 Å². The van der Waals surface area contributed by atoms with Crippen molar-refractivity contribution in [2.24, 2.45) is 0 Å². The fraction of sp³-hybridized carbons (Fsp3) is 0.474. The van der Waals surface area contributed by atoms with Crippen molar-refractivity contribution in [1.82, 2.24) is 9.97 Å². The molecule has 0 radical (unpaired) electrons. The van der Waals surface area contributed by atoms with Gasteiger partial charge in [-0.2, -0.15) is 0 Å². The van der Waals surface area contributed by atoms with Crippen LogP contribution < -0.4 is 20.9 Å². The Morgan fingerprint density at radius 1 is 0.962 bits per heavy atom. The summed E-state index contributed by atoms with van der Waals surface area (Å²) >= 11 is 0. The summed E-state index contributed by atoms with van der Waals surface area (Å²) in [6, 6.07) is 7.13. The molecule has 1 aliphatic heterocycles. The Kier molecular flexibility index (Phi) is 4.77. The van der Waals surface area contributed by atoms with Crippen molar-refractivity contribution >= 4 is 23.0 Å². The van der Waals surface area contributed by atoms with Crippen molar-refractivity contribution < 1.29 is 4.39 Å². The quantitative estimate of drug-likeness (QED) is 0.878. The van der Waals surface area contributed by atoms with Crippen molar-refractivity contribution in [1.29, 1.82) is 0 Å². The first-order valence-electron chi connectivity index (χ1n) is 9.33. The van der Waals surface area contributed by atoms with E-state index >= 15 is 0 Å². The van der Waals surface area contributed by atoms with Crippen molar-refractivity contribution in [3.63, 3.8) is 0 Å². The van der Waals surface area contributed by atoms with Gasteiger partial charge in [-0.3, -0.25) is 0 Å². The van der Waals surface area contributed by atoms with Crippen LogP contribution >= 0.6 is 0 Å². The predicted molar refractivity (Wildman–Crippen MR) is 103 cm³/mol. The summed E-state index contributed by atoms with van der Waals surface area (Å²) in [7, 11) is 0. The van der Waals surface area contributed by atoms with Crippen LogP contribution in [0.5, 0.6) is 0 Å². The molecule has 1 saturated heterocycles. The van der Waals surface area contributed by atoms with Gasteiger partial charge in [-0.1, -0.05) is 12.8 Å². The Bertz CT molecular complexity index is 736. The number of nitrogens with two attached hydrogens (primary N) is 1. The maximum Gasteiger partial charge on any atom is 0.157 e. The number of anilines is 4. The van der Waals surface area contributed by atoms with Crippen molar-refractivity contribution in [2.45, 2.75) is 31.7 Å². The zero-order valence-corrected chi connectivity index (χ0v) is 14.9. The molecule has 2 aliphatic rings. The summed E-state index contributed by atoms with van der Waals surface area (Å²) in [5, 5.41) is 3.48. The van der Waals surface area contributed by atoms with Crippen LogP contribution in [0.3, 0.4) is 0 Å².